The molecule has 0 aromatic rings. The van der Waals surface area contributed by atoms with E-state index in [4.69, 9.17) is 4.74 Å². The van der Waals surface area contributed by atoms with Gasteiger partial charge in [-0.1, -0.05) is 6.92 Å². The quantitative estimate of drug-likeness (QED) is 0.809. The normalized spacial score (nSPS) is 29.2. The molecule has 1 rings (SSSR count). The Morgan fingerprint density at radius 3 is 2.41 bits per heavy atom. The van der Waals surface area contributed by atoms with Gasteiger partial charge < -0.3 is 14.7 Å². The molecule has 0 spiro atoms. The van der Waals surface area contributed by atoms with Crippen molar-refractivity contribution in [3.05, 3.63) is 0 Å². The fourth-order valence-corrected chi connectivity index (χ4v) is 2.32. The highest BCUT2D eigenvalue weighted by Crippen LogP contribution is 2.32. The van der Waals surface area contributed by atoms with E-state index >= 15 is 0 Å². The van der Waals surface area contributed by atoms with Crippen molar-refractivity contribution < 1.29 is 14.6 Å². The SMILES string of the molecule is C[C@H]1C[C@@H](O)C[C@H]1CN(C)C(=O)OC(C)(C)C. The van der Waals surface area contributed by atoms with Gasteiger partial charge in [0, 0.05) is 13.6 Å². The summed E-state index contributed by atoms with van der Waals surface area (Å²) in [5, 5.41) is 9.57. The van der Waals surface area contributed by atoms with Crippen molar-refractivity contribution >= 4 is 6.09 Å². The Hall–Kier alpha value is -0.770. The second kappa shape index (κ2) is 5.25. The first-order chi connectivity index (χ1) is 7.69. The van der Waals surface area contributed by atoms with E-state index in [1.807, 2.05) is 20.8 Å². The van der Waals surface area contributed by atoms with Crippen LogP contribution in [0.15, 0.2) is 0 Å². The minimum absolute atomic E-state index is 0.206. The van der Waals surface area contributed by atoms with Crippen LogP contribution in [0.2, 0.25) is 0 Å². The van der Waals surface area contributed by atoms with Gasteiger partial charge in [0.2, 0.25) is 0 Å². The molecule has 0 unspecified atom stereocenters. The lowest BCUT2D eigenvalue weighted by atomic mass is 9.98. The average molecular weight is 243 g/mol. The second-order valence-electron chi connectivity index (χ2n) is 6.22. The number of hydrogen-bond donors (Lipinski definition) is 1. The summed E-state index contributed by atoms with van der Waals surface area (Å²) >= 11 is 0. The zero-order valence-corrected chi connectivity index (χ0v) is 11.6. The first-order valence-corrected chi connectivity index (χ1v) is 6.31. The Bertz CT molecular complexity index is 272. The third kappa shape index (κ3) is 4.54. The minimum atomic E-state index is -0.452. The minimum Gasteiger partial charge on any atom is -0.444 e. The van der Waals surface area contributed by atoms with Gasteiger partial charge in [0.15, 0.2) is 0 Å². The number of rotatable bonds is 2. The maximum absolute atomic E-state index is 11.8. The van der Waals surface area contributed by atoms with Gasteiger partial charge in [0.05, 0.1) is 6.10 Å². The fourth-order valence-electron chi connectivity index (χ4n) is 2.32. The molecule has 1 N–H and O–H groups in total. The van der Waals surface area contributed by atoms with E-state index in [9.17, 15) is 9.90 Å². The zero-order chi connectivity index (χ0) is 13.2. The van der Waals surface area contributed by atoms with Crippen LogP contribution >= 0.6 is 0 Å². The highest BCUT2D eigenvalue weighted by molar-refractivity contribution is 5.67. The monoisotopic (exact) mass is 243 g/mol. The van der Waals surface area contributed by atoms with E-state index in [2.05, 4.69) is 6.92 Å². The summed E-state index contributed by atoms with van der Waals surface area (Å²) in [7, 11) is 1.76. The molecule has 0 aromatic carbocycles. The lowest BCUT2D eigenvalue weighted by Crippen LogP contribution is -2.37. The van der Waals surface area contributed by atoms with E-state index in [0.717, 1.165) is 12.8 Å². The summed E-state index contributed by atoms with van der Waals surface area (Å²) < 4.78 is 5.30. The van der Waals surface area contributed by atoms with Gasteiger partial charge in [-0.3, -0.25) is 0 Å². The van der Waals surface area contributed by atoms with E-state index in [1.54, 1.807) is 11.9 Å². The summed E-state index contributed by atoms with van der Waals surface area (Å²) in [5.41, 5.74) is -0.452. The van der Waals surface area contributed by atoms with Gasteiger partial charge in [-0.2, -0.15) is 0 Å². The molecular formula is C13H25NO3. The number of aliphatic hydroxyl groups is 1. The number of nitrogens with zero attached hydrogens (tertiary/aromatic N) is 1. The van der Waals surface area contributed by atoms with Crippen LogP contribution in [-0.4, -0.2) is 41.4 Å². The van der Waals surface area contributed by atoms with Crippen molar-refractivity contribution in [1.29, 1.82) is 0 Å². The number of carbonyl (C=O) groups is 1. The number of amides is 1. The number of ether oxygens (including phenoxy) is 1. The van der Waals surface area contributed by atoms with Gasteiger partial charge in [-0.05, 0) is 45.4 Å². The Balaban J connectivity index is 2.44. The van der Waals surface area contributed by atoms with Crippen LogP contribution in [-0.2, 0) is 4.74 Å². The fraction of sp³-hybridized carbons (Fsp3) is 0.923. The van der Waals surface area contributed by atoms with Crippen molar-refractivity contribution in [2.75, 3.05) is 13.6 Å². The molecular weight excluding hydrogens is 218 g/mol. The topological polar surface area (TPSA) is 49.8 Å². The van der Waals surface area contributed by atoms with Gasteiger partial charge in [0.25, 0.3) is 0 Å². The van der Waals surface area contributed by atoms with E-state index in [0.29, 0.717) is 18.4 Å². The molecule has 3 atom stereocenters. The van der Waals surface area contributed by atoms with Crippen LogP contribution in [0.1, 0.15) is 40.5 Å². The van der Waals surface area contributed by atoms with Crippen molar-refractivity contribution in [2.24, 2.45) is 11.8 Å². The third-order valence-corrected chi connectivity index (χ3v) is 3.24. The molecule has 1 saturated carbocycles. The Morgan fingerprint density at radius 2 is 2.00 bits per heavy atom. The highest BCUT2D eigenvalue weighted by Gasteiger charge is 2.32. The van der Waals surface area contributed by atoms with Crippen molar-refractivity contribution in [3.63, 3.8) is 0 Å². The maximum Gasteiger partial charge on any atom is 0.410 e. The molecule has 0 radical (unpaired) electrons. The van der Waals surface area contributed by atoms with Crippen LogP contribution in [0.4, 0.5) is 4.79 Å². The van der Waals surface area contributed by atoms with Crippen LogP contribution in [0.3, 0.4) is 0 Å². The molecule has 0 heterocycles. The second-order valence-corrected chi connectivity index (χ2v) is 6.22. The first kappa shape index (κ1) is 14.3. The van der Waals surface area contributed by atoms with Gasteiger partial charge in [-0.15, -0.1) is 0 Å². The number of hydrogen-bond acceptors (Lipinski definition) is 3. The summed E-state index contributed by atoms with van der Waals surface area (Å²) in [6, 6.07) is 0. The molecule has 4 heteroatoms. The first-order valence-electron chi connectivity index (χ1n) is 6.31. The summed E-state index contributed by atoms with van der Waals surface area (Å²) in [4.78, 5) is 13.4. The smallest absolute Gasteiger partial charge is 0.410 e. The van der Waals surface area contributed by atoms with Crippen LogP contribution in [0, 0.1) is 11.8 Å². The molecule has 17 heavy (non-hydrogen) atoms. The molecule has 1 aliphatic carbocycles. The standard InChI is InChI=1S/C13H25NO3/c1-9-6-11(15)7-10(9)8-14(5)12(16)17-13(2,3)4/h9-11,15H,6-8H2,1-5H3/t9-,10-,11+/m0/s1. The molecule has 1 aliphatic rings. The predicted molar refractivity (Wildman–Crippen MR) is 66.8 cm³/mol. The van der Waals surface area contributed by atoms with Crippen molar-refractivity contribution in [3.8, 4) is 0 Å². The molecule has 4 nitrogen and oxygen atoms in total. The van der Waals surface area contributed by atoms with Crippen molar-refractivity contribution in [2.45, 2.75) is 52.2 Å². The number of aliphatic hydroxyl groups excluding tert-OH is 1. The van der Waals surface area contributed by atoms with Gasteiger partial charge in [-0.25, -0.2) is 4.79 Å². The molecule has 0 bridgehead atoms. The predicted octanol–water partition coefficient (Wildman–Crippen LogP) is 2.26. The molecule has 0 aliphatic heterocycles. The lowest BCUT2D eigenvalue weighted by molar-refractivity contribution is 0.0262. The molecule has 0 saturated heterocycles. The van der Waals surface area contributed by atoms with Crippen LogP contribution in [0.25, 0.3) is 0 Å². The maximum atomic E-state index is 11.8. The Kier molecular flexibility index (Phi) is 4.42. The van der Waals surface area contributed by atoms with Gasteiger partial charge >= 0.3 is 6.09 Å². The largest absolute Gasteiger partial charge is 0.444 e. The van der Waals surface area contributed by atoms with E-state index in [1.165, 1.54) is 0 Å². The Morgan fingerprint density at radius 1 is 1.41 bits per heavy atom. The third-order valence-electron chi connectivity index (χ3n) is 3.24. The van der Waals surface area contributed by atoms with Gasteiger partial charge in [0.1, 0.15) is 5.60 Å². The van der Waals surface area contributed by atoms with E-state index in [-0.39, 0.29) is 12.2 Å². The summed E-state index contributed by atoms with van der Waals surface area (Å²) in [6.07, 6.45) is 1.13. The Labute approximate surface area is 104 Å². The molecule has 1 fully saturated rings. The molecule has 0 aromatic heterocycles. The highest BCUT2D eigenvalue weighted by atomic mass is 16.6. The summed E-state index contributed by atoms with van der Waals surface area (Å²) in [6.45, 7) is 8.37. The zero-order valence-electron chi connectivity index (χ0n) is 11.6. The van der Waals surface area contributed by atoms with Crippen LogP contribution < -0.4 is 0 Å². The van der Waals surface area contributed by atoms with Crippen molar-refractivity contribution in [1.82, 2.24) is 4.90 Å². The van der Waals surface area contributed by atoms with E-state index < -0.39 is 5.60 Å². The summed E-state index contributed by atoms with van der Waals surface area (Å²) in [5.74, 6) is 0.845. The average Bonchev–Trinajstić information content (AvgIpc) is 2.42. The molecule has 1 amide bonds. The lowest BCUT2D eigenvalue weighted by Gasteiger charge is -2.27. The van der Waals surface area contributed by atoms with Crippen LogP contribution in [0.5, 0.6) is 0 Å². The molecule has 100 valence electrons. The number of carbonyl (C=O) groups excluding carboxylic acids is 1.